The van der Waals surface area contributed by atoms with Gasteiger partial charge < -0.3 is 40.2 Å². The van der Waals surface area contributed by atoms with E-state index in [-0.39, 0.29) is 25.7 Å². The second-order valence-electron chi connectivity index (χ2n) is 13.8. The van der Waals surface area contributed by atoms with Crippen molar-refractivity contribution < 1.29 is 29.3 Å². The number of piperazine rings is 1. The van der Waals surface area contributed by atoms with E-state index in [4.69, 9.17) is 25.2 Å². The van der Waals surface area contributed by atoms with Gasteiger partial charge in [0.2, 0.25) is 5.91 Å². The van der Waals surface area contributed by atoms with Gasteiger partial charge in [0.1, 0.15) is 23.5 Å². The van der Waals surface area contributed by atoms with Gasteiger partial charge in [-0.05, 0) is 65.1 Å². The summed E-state index contributed by atoms with van der Waals surface area (Å²) in [4.78, 5) is 38.2. The highest BCUT2D eigenvalue weighted by atomic mass is 16.6. The molecule has 0 spiro atoms. The fourth-order valence-corrected chi connectivity index (χ4v) is 5.79. The molecule has 0 unspecified atom stereocenters. The number of hydrogen-bond acceptors (Lipinski definition) is 10. The van der Waals surface area contributed by atoms with Gasteiger partial charge in [-0.25, -0.2) is 14.8 Å². The molecule has 2 amide bonds. The van der Waals surface area contributed by atoms with Gasteiger partial charge in [0.05, 0.1) is 24.2 Å². The molecule has 1 aromatic carbocycles. The SMILES string of the molecule is CCOCc1nc2c(N)nc3cc(CCCN4CCN(C(=O)CCCNC(=O)OC(C)(C)C)CC4)ccc3c2n1CC(C)(CO)CO. The Morgan fingerprint density at radius 3 is 2.43 bits per heavy atom. The molecule has 0 saturated carbocycles. The Morgan fingerprint density at radius 1 is 1.04 bits per heavy atom. The van der Waals surface area contributed by atoms with Crippen molar-refractivity contribution in [3.8, 4) is 0 Å². The summed E-state index contributed by atoms with van der Waals surface area (Å²) in [5.74, 6) is 1.14. The Kier molecular flexibility index (Phi) is 12.4. The molecule has 1 aliphatic heterocycles. The van der Waals surface area contributed by atoms with Crippen LogP contribution in [0.3, 0.4) is 0 Å². The normalized spacial score (nSPS) is 14.7. The second kappa shape index (κ2) is 16.1. The minimum absolute atomic E-state index is 0.122. The number of aromatic nitrogens is 3. The van der Waals surface area contributed by atoms with Crippen LogP contribution in [0.15, 0.2) is 18.2 Å². The Hall–Kier alpha value is -3.52. The number of alkyl carbamates (subject to hydrolysis) is 1. The average Bonchev–Trinajstić information content (AvgIpc) is 3.39. The van der Waals surface area contributed by atoms with Crippen molar-refractivity contribution >= 4 is 39.8 Å². The number of carbonyl (C=O) groups excluding carboxylic acids is 2. The first kappa shape index (κ1) is 36.3. The standard InChI is InChI=1S/C34H53N7O6/c1-6-46-20-27-38-29-30(41(27)21-34(5,22-42)23-43)25-12-11-24(19-26(25)37-31(29)35)9-8-14-39-15-17-40(18-16-39)28(44)10-7-13-36-32(45)47-33(2,3)4/h11-12,19,42-43H,6-10,13-18,20-23H2,1-5H3,(H2,35,37)(H,36,45). The first-order valence-electron chi connectivity index (χ1n) is 16.7. The van der Waals surface area contributed by atoms with Gasteiger partial charge in [0.15, 0.2) is 5.82 Å². The molecule has 3 heterocycles. The topological polar surface area (TPSA) is 168 Å². The van der Waals surface area contributed by atoms with Gasteiger partial charge in [0, 0.05) is 63.1 Å². The quantitative estimate of drug-likeness (QED) is 0.179. The molecular weight excluding hydrogens is 602 g/mol. The minimum Gasteiger partial charge on any atom is -0.444 e. The van der Waals surface area contributed by atoms with E-state index >= 15 is 0 Å². The number of ether oxygens (including phenoxy) is 2. The number of amides is 2. The molecule has 0 radical (unpaired) electrons. The van der Waals surface area contributed by atoms with Gasteiger partial charge in [-0.2, -0.15) is 0 Å². The van der Waals surface area contributed by atoms with Crippen molar-refractivity contribution in [3.63, 3.8) is 0 Å². The summed E-state index contributed by atoms with van der Waals surface area (Å²) in [6, 6.07) is 6.26. The Labute approximate surface area is 277 Å². The number of aliphatic hydroxyl groups excluding tert-OH is 2. The summed E-state index contributed by atoms with van der Waals surface area (Å²) in [5.41, 5.74) is 8.49. The summed E-state index contributed by atoms with van der Waals surface area (Å²) < 4.78 is 12.9. The monoisotopic (exact) mass is 655 g/mol. The second-order valence-corrected chi connectivity index (χ2v) is 13.8. The smallest absolute Gasteiger partial charge is 0.407 e. The molecule has 4 rings (SSSR count). The number of pyridine rings is 1. The van der Waals surface area contributed by atoms with Crippen LogP contribution in [-0.2, 0) is 33.8 Å². The van der Waals surface area contributed by atoms with Crippen LogP contribution in [-0.4, -0.2) is 111 Å². The molecular formula is C34H53N7O6. The van der Waals surface area contributed by atoms with E-state index < -0.39 is 17.1 Å². The molecule has 47 heavy (non-hydrogen) atoms. The van der Waals surface area contributed by atoms with Crippen LogP contribution in [0.2, 0.25) is 0 Å². The van der Waals surface area contributed by atoms with Crippen molar-refractivity contribution in [3.05, 3.63) is 29.6 Å². The van der Waals surface area contributed by atoms with Crippen LogP contribution in [0.4, 0.5) is 10.6 Å². The predicted octanol–water partition coefficient (Wildman–Crippen LogP) is 3.08. The molecule has 0 aliphatic carbocycles. The van der Waals surface area contributed by atoms with Crippen molar-refractivity contribution in [2.75, 3.05) is 64.8 Å². The number of hydrogen-bond donors (Lipinski definition) is 4. The number of nitrogen functional groups attached to an aromatic ring is 1. The third-order valence-corrected chi connectivity index (χ3v) is 8.49. The minimum atomic E-state index is -0.752. The van der Waals surface area contributed by atoms with Gasteiger partial charge in [-0.3, -0.25) is 9.69 Å². The largest absolute Gasteiger partial charge is 0.444 e. The van der Waals surface area contributed by atoms with Crippen LogP contribution in [0.25, 0.3) is 21.9 Å². The lowest BCUT2D eigenvalue weighted by Gasteiger charge is -2.34. The van der Waals surface area contributed by atoms with E-state index in [9.17, 15) is 19.8 Å². The number of nitrogens with two attached hydrogens (primary N) is 1. The maximum Gasteiger partial charge on any atom is 0.407 e. The van der Waals surface area contributed by atoms with Crippen LogP contribution >= 0.6 is 0 Å². The molecule has 0 bridgehead atoms. The van der Waals surface area contributed by atoms with E-state index in [1.807, 2.05) is 44.1 Å². The lowest BCUT2D eigenvalue weighted by Crippen LogP contribution is -2.49. The maximum absolute atomic E-state index is 12.7. The average molecular weight is 656 g/mol. The molecule has 260 valence electrons. The van der Waals surface area contributed by atoms with Crippen molar-refractivity contribution in [2.45, 2.75) is 79.1 Å². The Morgan fingerprint density at radius 2 is 1.77 bits per heavy atom. The third kappa shape index (κ3) is 9.75. The summed E-state index contributed by atoms with van der Waals surface area (Å²) in [5, 5.41) is 23.7. The van der Waals surface area contributed by atoms with E-state index in [2.05, 4.69) is 28.4 Å². The van der Waals surface area contributed by atoms with Crippen LogP contribution in [0.5, 0.6) is 0 Å². The Balaban J connectivity index is 1.32. The van der Waals surface area contributed by atoms with E-state index in [1.165, 1.54) is 0 Å². The number of rotatable bonds is 15. The van der Waals surface area contributed by atoms with Crippen LogP contribution < -0.4 is 11.1 Å². The highest BCUT2D eigenvalue weighted by molar-refractivity contribution is 6.06. The Bertz CT molecular complexity index is 1510. The number of imidazole rings is 1. The summed E-state index contributed by atoms with van der Waals surface area (Å²) in [7, 11) is 0. The molecule has 5 N–H and O–H groups in total. The zero-order valence-corrected chi connectivity index (χ0v) is 28.7. The van der Waals surface area contributed by atoms with Gasteiger partial charge in [-0.1, -0.05) is 19.1 Å². The van der Waals surface area contributed by atoms with Gasteiger partial charge >= 0.3 is 6.09 Å². The molecule has 2 aromatic heterocycles. The number of nitrogens with one attached hydrogen (secondary N) is 1. The molecule has 0 atom stereocenters. The number of nitrogens with zero attached hydrogens (tertiary/aromatic N) is 5. The molecule has 3 aromatic rings. The first-order chi connectivity index (χ1) is 22.4. The zero-order valence-electron chi connectivity index (χ0n) is 28.7. The zero-order chi connectivity index (χ0) is 34.2. The van der Waals surface area contributed by atoms with E-state index in [1.54, 1.807) is 0 Å². The molecule has 1 fully saturated rings. The van der Waals surface area contributed by atoms with Gasteiger partial charge in [-0.15, -0.1) is 0 Å². The number of anilines is 1. The summed E-state index contributed by atoms with van der Waals surface area (Å²) in [6.45, 7) is 14.4. The van der Waals surface area contributed by atoms with Crippen molar-refractivity contribution in [1.82, 2.24) is 29.7 Å². The fourth-order valence-electron chi connectivity index (χ4n) is 5.79. The van der Waals surface area contributed by atoms with Crippen molar-refractivity contribution in [1.29, 1.82) is 0 Å². The number of fused-ring (bicyclic) bond motifs is 3. The number of benzene rings is 1. The molecule has 13 nitrogen and oxygen atoms in total. The highest BCUT2D eigenvalue weighted by Crippen LogP contribution is 2.32. The molecule has 13 heteroatoms. The maximum atomic E-state index is 12.7. The third-order valence-electron chi connectivity index (χ3n) is 8.49. The summed E-state index contributed by atoms with van der Waals surface area (Å²) in [6.07, 6.45) is 2.37. The van der Waals surface area contributed by atoms with Crippen LogP contribution in [0, 0.1) is 5.41 Å². The molecule has 1 saturated heterocycles. The number of carbonyl (C=O) groups is 2. The number of aliphatic hydroxyl groups is 2. The fraction of sp³-hybridized carbons (Fsp3) is 0.647. The van der Waals surface area contributed by atoms with Crippen molar-refractivity contribution in [2.24, 2.45) is 5.41 Å². The van der Waals surface area contributed by atoms with Crippen LogP contribution in [0.1, 0.15) is 65.3 Å². The summed E-state index contributed by atoms with van der Waals surface area (Å²) >= 11 is 0. The van der Waals surface area contributed by atoms with Gasteiger partial charge in [0.25, 0.3) is 0 Å². The lowest BCUT2D eigenvalue weighted by atomic mass is 9.92. The van der Waals surface area contributed by atoms with E-state index in [0.717, 1.165) is 54.5 Å². The lowest BCUT2D eigenvalue weighted by molar-refractivity contribution is -0.133. The highest BCUT2D eigenvalue weighted by Gasteiger charge is 2.28. The number of aryl methyl sites for hydroxylation is 1. The molecule has 1 aliphatic rings. The predicted molar refractivity (Wildman–Crippen MR) is 182 cm³/mol. The first-order valence-corrected chi connectivity index (χ1v) is 16.7. The van der Waals surface area contributed by atoms with E-state index in [0.29, 0.717) is 62.8 Å².